The summed E-state index contributed by atoms with van der Waals surface area (Å²) >= 11 is 0. The molecule has 0 bridgehead atoms. The van der Waals surface area contributed by atoms with Crippen molar-refractivity contribution in [1.82, 2.24) is 30.0 Å². The van der Waals surface area contributed by atoms with Gasteiger partial charge >= 0.3 is 0 Å². The molecule has 5 rings (SSSR count). The summed E-state index contributed by atoms with van der Waals surface area (Å²) in [6.07, 6.45) is 3.29. The topological polar surface area (TPSA) is 80.7 Å². The van der Waals surface area contributed by atoms with Crippen molar-refractivity contribution in [3.05, 3.63) is 47.9 Å². The fourth-order valence-corrected chi connectivity index (χ4v) is 3.82. The number of fused-ring (bicyclic) bond motifs is 1. The van der Waals surface area contributed by atoms with Gasteiger partial charge < -0.3 is 15.0 Å². The van der Waals surface area contributed by atoms with Gasteiger partial charge in [-0.2, -0.15) is 5.10 Å². The molecular formula is C21H21FN6O. The summed E-state index contributed by atoms with van der Waals surface area (Å²) in [5, 5.41) is 7.66. The predicted molar refractivity (Wildman–Crippen MR) is 108 cm³/mol. The molecule has 0 spiro atoms. The van der Waals surface area contributed by atoms with Gasteiger partial charge in [0.1, 0.15) is 17.7 Å². The Hall–Kier alpha value is -3.26. The van der Waals surface area contributed by atoms with Crippen LogP contribution in [0.15, 0.2) is 30.7 Å². The van der Waals surface area contributed by atoms with E-state index < -0.39 is 0 Å². The summed E-state index contributed by atoms with van der Waals surface area (Å²) in [6.45, 7) is 5.40. The fourth-order valence-electron chi connectivity index (χ4n) is 3.82. The summed E-state index contributed by atoms with van der Waals surface area (Å²) in [7, 11) is 1.86. The lowest BCUT2D eigenvalue weighted by Crippen LogP contribution is -2.50. The largest absolute Gasteiger partial charge is 0.488 e. The third-order valence-corrected chi connectivity index (χ3v) is 5.49. The van der Waals surface area contributed by atoms with Crippen LogP contribution in [0.5, 0.6) is 5.75 Å². The Morgan fingerprint density at radius 3 is 2.62 bits per heavy atom. The summed E-state index contributed by atoms with van der Waals surface area (Å²) in [4.78, 5) is 11.5. The van der Waals surface area contributed by atoms with E-state index in [1.807, 2.05) is 20.9 Å². The number of aromatic nitrogens is 5. The third kappa shape index (κ3) is 2.87. The summed E-state index contributed by atoms with van der Waals surface area (Å²) in [6, 6.07) is 5.33. The molecule has 0 amide bonds. The lowest BCUT2D eigenvalue weighted by atomic mass is 9.96. The number of hydrogen-bond donors (Lipinski definition) is 2. The Balaban J connectivity index is 1.76. The fraction of sp³-hybridized carbons (Fsp3) is 0.286. The van der Waals surface area contributed by atoms with Gasteiger partial charge in [0.05, 0.1) is 17.5 Å². The number of nitrogens with zero attached hydrogens (tertiary/aromatic N) is 4. The van der Waals surface area contributed by atoms with E-state index in [0.717, 1.165) is 30.0 Å². The first kappa shape index (κ1) is 17.8. The number of rotatable bonds is 4. The van der Waals surface area contributed by atoms with E-state index in [9.17, 15) is 0 Å². The molecule has 0 atom stereocenters. The Bertz CT molecular complexity index is 1220. The molecule has 1 saturated heterocycles. The second-order valence-electron chi connectivity index (χ2n) is 7.36. The Morgan fingerprint density at radius 2 is 1.93 bits per heavy atom. The SMILES string of the molecule is Cc1nn(C)c(C)c1-c1cc(OC2CNC2)cc(-c2ccnc3nc[nH]c23)c1F. The molecule has 8 heteroatoms. The van der Waals surface area contributed by atoms with E-state index in [-0.39, 0.29) is 11.9 Å². The molecule has 0 aliphatic carbocycles. The number of benzene rings is 1. The van der Waals surface area contributed by atoms with Crippen molar-refractivity contribution in [1.29, 1.82) is 0 Å². The van der Waals surface area contributed by atoms with Gasteiger partial charge in [-0.05, 0) is 32.0 Å². The molecule has 3 aromatic heterocycles. The minimum atomic E-state index is -0.314. The zero-order valence-corrected chi connectivity index (χ0v) is 16.5. The third-order valence-electron chi connectivity index (χ3n) is 5.49. The second kappa shape index (κ2) is 6.66. The maximum absolute atomic E-state index is 15.9. The number of hydrogen-bond acceptors (Lipinski definition) is 5. The number of nitrogens with one attached hydrogen (secondary N) is 2. The number of imidazole rings is 1. The molecular weight excluding hydrogens is 371 g/mol. The molecule has 1 aromatic carbocycles. The average Bonchev–Trinajstić information content (AvgIpc) is 3.24. The van der Waals surface area contributed by atoms with Crippen molar-refractivity contribution < 1.29 is 9.13 Å². The Labute approximate surface area is 166 Å². The minimum Gasteiger partial charge on any atom is -0.488 e. The zero-order chi connectivity index (χ0) is 20.1. The van der Waals surface area contributed by atoms with E-state index in [0.29, 0.717) is 33.6 Å². The highest BCUT2D eigenvalue weighted by atomic mass is 19.1. The van der Waals surface area contributed by atoms with Gasteiger partial charge in [-0.3, -0.25) is 4.68 Å². The van der Waals surface area contributed by atoms with E-state index in [4.69, 9.17) is 4.74 Å². The maximum atomic E-state index is 15.9. The van der Waals surface area contributed by atoms with Crippen LogP contribution in [0.2, 0.25) is 0 Å². The molecule has 7 nitrogen and oxygen atoms in total. The van der Waals surface area contributed by atoms with Crippen molar-refractivity contribution in [3.8, 4) is 28.0 Å². The van der Waals surface area contributed by atoms with Gasteiger partial charge in [0, 0.05) is 54.3 Å². The highest BCUT2D eigenvalue weighted by Gasteiger charge is 2.24. The molecule has 0 saturated carbocycles. The van der Waals surface area contributed by atoms with Crippen molar-refractivity contribution >= 4 is 11.2 Å². The molecule has 1 aliphatic rings. The van der Waals surface area contributed by atoms with Crippen LogP contribution >= 0.6 is 0 Å². The lowest BCUT2D eigenvalue weighted by Gasteiger charge is -2.28. The molecule has 2 N–H and O–H groups in total. The summed E-state index contributed by atoms with van der Waals surface area (Å²) < 4.78 is 23.8. The van der Waals surface area contributed by atoms with Crippen LogP contribution in [0.25, 0.3) is 33.4 Å². The second-order valence-corrected chi connectivity index (χ2v) is 7.36. The first-order valence-corrected chi connectivity index (χ1v) is 9.53. The normalized spacial score (nSPS) is 14.3. The van der Waals surface area contributed by atoms with E-state index >= 15 is 4.39 Å². The summed E-state index contributed by atoms with van der Waals surface area (Å²) in [5.41, 5.74) is 5.34. The van der Waals surface area contributed by atoms with Crippen LogP contribution in [0.4, 0.5) is 4.39 Å². The summed E-state index contributed by atoms with van der Waals surface area (Å²) in [5.74, 6) is 0.320. The molecule has 0 unspecified atom stereocenters. The smallest absolute Gasteiger partial charge is 0.178 e. The van der Waals surface area contributed by atoms with Gasteiger partial charge in [-0.25, -0.2) is 14.4 Å². The van der Waals surface area contributed by atoms with Gasteiger partial charge in [-0.15, -0.1) is 0 Å². The number of H-pyrrole nitrogens is 1. The van der Waals surface area contributed by atoms with Crippen LogP contribution in [0.1, 0.15) is 11.4 Å². The van der Waals surface area contributed by atoms with Crippen molar-refractivity contribution in [3.63, 3.8) is 0 Å². The quantitative estimate of drug-likeness (QED) is 0.558. The first-order valence-electron chi connectivity index (χ1n) is 9.53. The average molecular weight is 392 g/mol. The number of aryl methyl sites for hydroxylation is 2. The van der Waals surface area contributed by atoms with Gasteiger partial charge in [0.15, 0.2) is 5.65 Å². The van der Waals surface area contributed by atoms with Crippen LogP contribution in [-0.2, 0) is 7.05 Å². The minimum absolute atomic E-state index is 0.0851. The number of aromatic amines is 1. The Kier molecular flexibility index (Phi) is 4.09. The number of ether oxygens (including phenoxy) is 1. The molecule has 1 fully saturated rings. The number of pyridine rings is 1. The number of halogens is 1. The lowest BCUT2D eigenvalue weighted by molar-refractivity contribution is 0.142. The highest BCUT2D eigenvalue weighted by molar-refractivity contribution is 5.91. The van der Waals surface area contributed by atoms with E-state index in [1.54, 1.807) is 35.4 Å². The van der Waals surface area contributed by atoms with Crippen LogP contribution in [-0.4, -0.2) is 43.9 Å². The van der Waals surface area contributed by atoms with Gasteiger partial charge in [-0.1, -0.05) is 0 Å². The maximum Gasteiger partial charge on any atom is 0.178 e. The van der Waals surface area contributed by atoms with Crippen LogP contribution in [0.3, 0.4) is 0 Å². The van der Waals surface area contributed by atoms with Gasteiger partial charge in [0.25, 0.3) is 0 Å². The monoisotopic (exact) mass is 392 g/mol. The molecule has 29 heavy (non-hydrogen) atoms. The van der Waals surface area contributed by atoms with Crippen molar-refractivity contribution in [2.75, 3.05) is 13.1 Å². The highest BCUT2D eigenvalue weighted by Crippen LogP contribution is 2.39. The zero-order valence-electron chi connectivity index (χ0n) is 16.5. The van der Waals surface area contributed by atoms with Crippen LogP contribution in [0, 0.1) is 19.7 Å². The molecule has 4 heterocycles. The van der Waals surface area contributed by atoms with Crippen LogP contribution < -0.4 is 10.1 Å². The molecule has 0 radical (unpaired) electrons. The Morgan fingerprint density at radius 1 is 1.14 bits per heavy atom. The van der Waals surface area contributed by atoms with Gasteiger partial charge in [0.2, 0.25) is 0 Å². The predicted octanol–water partition coefficient (Wildman–Crippen LogP) is 3.13. The standard InChI is InChI=1S/C21H21FN6O/c1-11-18(12(2)28(3)27-11)17-7-13(29-14-8-23-9-14)6-16(19(17)22)15-4-5-24-21-20(15)25-10-26-21/h4-7,10,14,23H,8-9H2,1-3H3,(H,24,25,26). The molecule has 4 aromatic rings. The first-order chi connectivity index (χ1) is 14.0. The van der Waals surface area contributed by atoms with E-state index in [2.05, 4.69) is 25.4 Å². The molecule has 1 aliphatic heterocycles. The molecule has 148 valence electrons. The van der Waals surface area contributed by atoms with Crippen molar-refractivity contribution in [2.45, 2.75) is 20.0 Å². The van der Waals surface area contributed by atoms with Crippen molar-refractivity contribution in [2.24, 2.45) is 7.05 Å². The van der Waals surface area contributed by atoms with E-state index in [1.165, 1.54) is 0 Å².